The first-order chi connectivity index (χ1) is 34.0. The second-order valence-corrected chi connectivity index (χ2v) is 28.4. The summed E-state index contributed by atoms with van der Waals surface area (Å²) in [6.45, 7) is 42.5. The Labute approximate surface area is 456 Å². The predicted octanol–water partition coefficient (Wildman–Crippen LogP) is 16.7. The quantitative estimate of drug-likeness (QED) is 0.264. The second kappa shape index (κ2) is 19.3. The van der Waals surface area contributed by atoms with E-state index in [1.165, 1.54) is 57.1 Å². The number of nitrogens with zero attached hydrogens (tertiary/aromatic N) is 2. The Morgan fingerprint density at radius 2 is 0.933 bits per heavy atom. The van der Waals surface area contributed by atoms with E-state index in [9.17, 15) is 24.6 Å². The van der Waals surface area contributed by atoms with Crippen LogP contribution in [0.2, 0.25) is 0 Å². The zero-order valence-corrected chi connectivity index (χ0v) is 48.6. The van der Waals surface area contributed by atoms with Crippen molar-refractivity contribution in [3.8, 4) is 0 Å². The highest BCUT2D eigenvalue weighted by Gasteiger charge is 2.69. The molecular weight excluding hydrogens is 925 g/mol. The molecule has 7 heteroatoms. The van der Waals surface area contributed by atoms with Gasteiger partial charge in [-0.25, -0.2) is 0 Å². The molecule has 0 aromatic rings. The minimum atomic E-state index is -0.302. The van der Waals surface area contributed by atoms with Gasteiger partial charge < -0.3 is 20.0 Å². The molecule has 10 aliphatic carbocycles. The maximum absolute atomic E-state index is 13.8. The topological polar surface area (TPSA) is 98.2 Å². The van der Waals surface area contributed by atoms with Crippen LogP contribution in [0.25, 0.3) is 0 Å². The SMILES string of the molecule is C.C.CCN(CC)C(=O)[C@]1(C)CC[C@]2(C)CC[C@]3(C)C4=CC=C5C(=CC(=O)C(O)=C5C)[C@]4(C)CC[C@@]3(C)[C@@H]2C1.CCN(CC)C[C@]1(C)CC[C@]2(C)CC[C@]3(C)C4=CC=C5C(=CC(=O)C(O)=C5C)[C@]4(C)CC[C@@]3(C)[C@@H]2C1. The number of hydrogen-bond acceptors (Lipinski definition) is 6. The molecule has 0 heterocycles. The van der Waals surface area contributed by atoms with Crippen LogP contribution in [0.1, 0.15) is 216 Å². The number of ketones is 2. The largest absolute Gasteiger partial charge is 0.504 e. The smallest absolute Gasteiger partial charge is 0.228 e. The van der Waals surface area contributed by atoms with Crippen LogP contribution in [0.3, 0.4) is 0 Å². The molecule has 0 unspecified atom stereocenters. The van der Waals surface area contributed by atoms with Crippen LogP contribution in [-0.4, -0.2) is 70.2 Å². The Hall–Kier alpha value is -3.71. The Morgan fingerprint density at radius 3 is 1.35 bits per heavy atom. The highest BCUT2D eigenvalue weighted by Crippen LogP contribution is 2.77. The number of aliphatic hydroxyl groups is 2. The first-order valence-corrected chi connectivity index (χ1v) is 29.2. The predicted molar refractivity (Wildman–Crippen MR) is 311 cm³/mol. The Morgan fingerprint density at radius 1 is 0.533 bits per heavy atom. The van der Waals surface area contributed by atoms with E-state index in [4.69, 9.17) is 0 Å². The number of fused-ring (bicyclic) bond motifs is 14. The molecule has 10 rings (SSSR count). The van der Waals surface area contributed by atoms with Crippen molar-refractivity contribution in [3.05, 3.63) is 92.6 Å². The van der Waals surface area contributed by atoms with Crippen molar-refractivity contribution in [2.24, 2.45) is 66.0 Å². The van der Waals surface area contributed by atoms with Gasteiger partial charge in [0, 0.05) is 47.0 Å². The third-order valence-electron chi connectivity index (χ3n) is 24.9. The van der Waals surface area contributed by atoms with Gasteiger partial charge in [0.1, 0.15) is 0 Å². The monoisotopic (exact) mass is 1030 g/mol. The van der Waals surface area contributed by atoms with Crippen LogP contribution in [0.15, 0.2) is 92.6 Å². The summed E-state index contributed by atoms with van der Waals surface area (Å²) >= 11 is 0. The zero-order chi connectivity index (χ0) is 53.5. The molecule has 416 valence electrons. The van der Waals surface area contributed by atoms with Gasteiger partial charge in [-0.15, -0.1) is 0 Å². The molecule has 1 amide bonds. The molecule has 0 radical (unpaired) electrons. The number of hydrogen-bond donors (Lipinski definition) is 2. The Kier molecular flexibility index (Phi) is 15.2. The second-order valence-electron chi connectivity index (χ2n) is 28.4. The lowest BCUT2D eigenvalue weighted by Gasteiger charge is -2.70. The third kappa shape index (κ3) is 8.25. The van der Waals surface area contributed by atoms with Gasteiger partial charge in [0.15, 0.2) is 11.5 Å². The van der Waals surface area contributed by atoms with Crippen LogP contribution in [0.5, 0.6) is 0 Å². The number of rotatable bonds is 7. The summed E-state index contributed by atoms with van der Waals surface area (Å²) in [7, 11) is 0. The van der Waals surface area contributed by atoms with Gasteiger partial charge in [0.05, 0.1) is 0 Å². The molecule has 75 heavy (non-hydrogen) atoms. The summed E-state index contributed by atoms with van der Waals surface area (Å²) in [5, 5.41) is 20.7. The van der Waals surface area contributed by atoms with Gasteiger partial charge in [0.2, 0.25) is 17.5 Å². The van der Waals surface area contributed by atoms with E-state index in [1.807, 2.05) is 18.7 Å². The highest BCUT2D eigenvalue weighted by molar-refractivity contribution is 6.07. The Bertz CT molecular complexity index is 2650. The van der Waals surface area contributed by atoms with Gasteiger partial charge >= 0.3 is 0 Å². The minimum absolute atomic E-state index is 0. The van der Waals surface area contributed by atoms with E-state index in [0.29, 0.717) is 34.1 Å². The van der Waals surface area contributed by atoms with Crippen molar-refractivity contribution in [3.63, 3.8) is 0 Å². The number of carbonyl (C=O) groups is 3. The van der Waals surface area contributed by atoms with Crippen molar-refractivity contribution >= 4 is 17.5 Å². The minimum Gasteiger partial charge on any atom is -0.504 e. The number of allylic oxidation sites excluding steroid dienone is 14. The molecular formula is C68H104N2O5. The molecule has 12 atom stereocenters. The van der Waals surface area contributed by atoms with Crippen LogP contribution in [-0.2, 0) is 14.4 Å². The lowest BCUT2D eigenvalue weighted by Crippen LogP contribution is -2.62. The summed E-state index contributed by atoms with van der Waals surface area (Å²) in [6, 6.07) is 0. The highest BCUT2D eigenvalue weighted by atomic mass is 16.3. The summed E-state index contributed by atoms with van der Waals surface area (Å²) in [5.41, 5.74) is 9.59. The van der Waals surface area contributed by atoms with Gasteiger partial charge in [-0.05, 0) is 215 Å². The third-order valence-corrected chi connectivity index (χ3v) is 24.9. The number of amides is 1. The fraction of sp³-hybridized carbons (Fsp3) is 0.721. The van der Waals surface area contributed by atoms with E-state index in [0.717, 1.165) is 99.0 Å². The van der Waals surface area contributed by atoms with E-state index < -0.39 is 0 Å². The molecule has 0 bridgehead atoms. The first-order valence-electron chi connectivity index (χ1n) is 29.2. The average molecular weight is 1030 g/mol. The molecule has 0 aliphatic heterocycles. The summed E-state index contributed by atoms with van der Waals surface area (Å²) in [4.78, 5) is 43.9. The summed E-state index contributed by atoms with van der Waals surface area (Å²) in [5.74, 6) is 0.835. The normalized spacial score (nSPS) is 42.4. The maximum atomic E-state index is 13.8. The number of aliphatic hydroxyl groups excluding tert-OH is 2. The van der Waals surface area contributed by atoms with Crippen LogP contribution >= 0.6 is 0 Å². The lowest BCUT2D eigenvalue weighted by molar-refractivity contribution is -0.174. The first kappa shape index (κ1) is 59.0. The van der Waals surface area contributed by atoms with Gasteiger partial charge in [0.25, 0.3) is 0 Å². The molecule has 0 saturated heterocycles. The van der Waals surface area contributed by atoms with Crippen molar-refractivity contribution in [1.29, 1.82) is 0 Å². The molecule has 0 spiro atoms. The van der Waals surface area contributed by atoms with Crippen molar-refractivity contribution < 1.29 is 24.6 Å². The summed E-state index contributed by atoms with van der Waals surface area (Å²) in [6.07, 6.45) is 28.9. The molecule has 0 aromatic heterocycles. The van der Waals surface area contributed by atoms with Crippen LogP contribution in [0.4, 0.5) is 0 Å². The van der Waals surface area contributed by atoms with E-state index in [2.05, 4.69) is 126 Å². The van der Waals surface area contributed by atoms with Crippen molar-refractivity contribution in [1.82, 2.24) is 9.80 Å². The Balaban J connectivity index is 0.000000213. The van der Waals surface area contributed by atoms with Crippen LogP contribution in [0, 0.1) is 66.0 Å². The molecule has 0 aromatic carbocycles. The standard InChI is InChI=1S/C33H47NO3.C33H49NO2.2CH4/c1-9-34(10-2)28(37)30(5)14-13-29(4)15-17-32(7)25-12-11-22-21(3)27(36)24(35)19-23(22)31(25,6)16-18-33(32,8)26(29)20-30;1-9-34(10-2)21-29(4)13-14-30(5)15-17-32(7)26-12-11-23-22(3)28(36)25(35)19-24(23)31(26,6)16-18-33(32,8)27(30)20-29;;/h11-12,19,26,36H,9-10,13-18,20H2,1-8H3;11-12,19,27,36H,9-10,13-18,20-21H2,1-8H3;2*1H4/t26-,29-,30-,31+,32-,33+;27-,29-,30-,31+,32-,33+;;/m11../s1. The van der Waals surface area contributed by atoms with Gasteiger partial charge in [-0.2, -0.15) is 0 Å². The number of carbonyl (C=O) groups excluding carboxylic acids is 3. The molecule has 6 saturated carbocycles. The van der Waals surface area contributed by atoms with Crippen molar-refractivity contribution in [2.75, 3.05) is 32.7 Å². The van der Waals surface area contributed by atoms with Gasteiger partial charge in [-0.1, -0.05) is 133 Å². The van der Waals surface area contributed by atoms with E-state index in [1.54, 1.807) is 17.7 Å². The summed E-state index contributed by atoms with van der Waals surface area (Å²) < 4.78 is 0. The van der Waals surface area contributed by atoms with Gasteiger partial charge in [-0.3, -0.25) is 14.4 Å². The zero-order valence-electron chi connectivity index (χ0n) is 48.6. The molecule has 2 N–H and O–H groups in total. The molecule has 7 nitrogen and oxygen atoms in total. The van der Waals surface area contributed by atoms with E-state index >= 15 is 0 Å². The fourth-order valence-electron chi connectivity index (χ4n) is 19.2. The average Bonchev–Trinajstić information content (AvgIpc) is 3.35. The van der Waals surface area contributed by atoms with E-state index in [-0.39, 0.29) is 81.3 Å². The van der Waals surface area contributed by atoms with Crippen LogP contribution < -0.4 is 0 Å². The lowest BCUT2D eigenvalue weighted by atomic mass is 9.34. The fourth-order valence-corrected chi connectivity index (χ4v) is 19.2. The molecule has 6 fully saturated rings. The molecule has 10 aliphatic rings. The maximum Gasteiger partial charge on any atom is 0.228 e. The van der Waals surface area contributed by atoms with Crippen molar-refractivity contribution in [2.45, 2.75) is 216 Å².